The minimum absolute atomic E-state index is 0.0347. The van der Waals surface area contributed by atoms with Gasteiger partial charge < -0.3 is 24.3 Å². The molecule has 0 aliphatic carbocycles. The fourth-order valence-electron chi connectivity index (χ4n) is 2.80. The van der Waals surface area contributed by atoms with E-state index >= 15 is 0 Å². The number of amides is 2. The third-order valence-electron chi connectivity index (χ3n) is 4.47. The molecule has 0 radical (unpaired) electrons. The fraction of sp³-hybridized carbons (Fsp3) is 0.421. The quantitative estimate of drug-likeness (QED) is 0.813. The Kier molecular flexibility index (Phi) is 6.20. The van der Waals surface area contributed by atoms with E-state index in [2.05, 4.69) is 10.3 Å². The van der Waals surface area contributed by atoms with Gasteiger partial charge >= 0.3 is 0 Å². The summed E-state index contributed by atoms with van der Waals surface area (Å²) in [5.74, 6) is -0.299. The Morgan fingerprint density at radius 1 is 1.33 bits per heavy atom. The largest absolute Gasteiger partial charge is 0.379 e. The van der Waals surface area contributed by atoms with Gasteiger partial charge in [0.25, 0.3) is 5.91 Å². The van der Waals surface area contributed by atoms with Crippen molar-refractivity contribution >= 4 is 11.8 Å². The van der Waals surface area contributed by atoms with Gasteiger partial charge in [0.15, 0.2) is 0 Å². The van der Waals surface area contributed by atoms with Crippen molar-refractivity contribution in [1.82, 2.24) is 19.8 Å². The Balaban J connectivity index is 1.60. The molecule has 27 heavy (non-hydrogen) atoms. The Hall–Kier alpha value is -2.71. The number of hydrogen-bond donors (Lipinski definition) is 1. The van der Waals surface area contributed by atoms with Crippen molar-refractivity contribution in [3.8, 4) is 5.69 Å². The van der Waals surface area contributed by atoms with Crippen LogP contribution in [0.2, 0.25) is 0 Å². The highest BCUT2D eigenvalue weighted by molar-refractivity contribution is 5.94. The van der Waals surface area contributed by atoms with Gasteiger partial charge in [0.05, 0.1) is 19.0 Å². The van der Waals surface area contributed by atoms with Gasteiger partial charge in [-0.3, -0.25) is 9.59 Å². The Labute approximate surface area is 158 Å². The molecule has 2 heterocycles. The molecule has 2 unspecified atom stereocenters. The number of rotatable bonds is 6. The number of hydrogen-bond acceptors (Lipinski definition) is 5. The summed E-state index contributed by atoms with van der Waals surface area (Å²) in [5, 5.41) is 3.00. The van der Waals surface area contributed by atoms with Gasteiger partial charge in [-0.05, 0) is 30.7 Å². The second-order valence-electron chi connectivity index (χ2n) is 6.60. The highest BCUT2D eigenvalue weighted by Crippen LogP contribution is 2.14. The van der Waals surface area contributed by atoms with Gasteiger partial charge in [-0.25, -0.2) is 4.98 Å². The van der Waals surface area contributed by atoms with Crippen molar-refractivity contribution in [2.75, 3.05) is 33.9 Å². The number of nitrogens with one attached hydrogen (secondary N) is 1. The molecule has 0 spiro atoms. The molecule has 1 saturated heterocycles. The minimum atomic E-state index is -0.350. The molecular formula is C19H24N4O4. The number of nitrogens with zero attached hydrogens (tertiary/aromatic N) is 3. The molecule has 2 amide bonds. The van der Waals surface area contributed by atoms with E-state index in [0.29, 0.717) is 25.2 Å². The Morgan fingerprint density at radius 3 is 2.78 bits per heavy atom. The van der Waals surface area contributed by atoms with E-state index in [1.54, 1.807) is 38.8 Å². The lowest BCUT2D eigenvalue weighted by molar-refractivity contribution is -0.140. The van der Waals surface area contributed by atoms with Gasteiger partial charge in [-0.1, -0.05) is 0 Å². The lowest BCUT2D eigenvalue weighted by Gasteiger charge is -2.32. The number of imidazole rings is 1. The maximum atomic E-state index is 12.6. The van der Waals surface area contributed by atoms with E-state index in [9.17, 15) is 9.59 Å². The first-order valence-electron chi connectivity index (χ1n) is 8.83. The van der Waals surface area contributed by atoms with Gasteiger partial charge in [0, 0.05) is 44.3 Å². The zero-order valence-electron chi connectivity index (χ0n) is 15.5. The zero-order chi connectivity index (χ0) is 19.2. The third kappa shape index (κ3) is 4.93. The van der Waals surface area contributed by atoms with Crippen LogP contribution in [-0.2, 0) is 14.3 Å². The Morgan fingerprint density at radius 2 is 2.11 bits per heavy atom. The number of carbonyl (C=O) groups is 2. The fourth-order valence-corrected chi connectivity index (χ4v) is 2.80. The summed E-state index contributed by atoms with van der Waals surface area (Å²) in [7, 11) is 3.35. The zero-order valence-corrected chi connectivity index (χ0v) is 15.5. The summed E-state index contributed by atoms with van der Waals surface area (Å²) in [6.45, 7) is 0.865. The molecular weight excluding hydrogens is 348 g/mol. The lowest BCUT2D eigenvalue weighted by atomic mass is 10.0. The molecule has 8 heteroatoms. The molecule has 1 aromatic heterocycles. The SMILES string of the molecule is CN(C)C(=O)COC1COCCC1NC(=O)c1ccc(-n2ccnc2)cc1. The van der Waals surface area contributed by atoms with E-state index < -0.39 is 0 Å². The molecule has 3 rings (SSSR count). The summed E-state index contributed by atoms with van der Waals surface area (Å²) < 4.78 is 13.0. The lowest BCUT2D eigenvalue weighted by Crippen LogP contribution is -2.50. The minimum Gasteiger partial charge on any atom is -0.379 e. The van der Waals surface area contributed by atoms with E-state index in [1.165, 1.54) is 4.90 Å². The maximum absolute atomic E-state index is 12.6. The normalized spacial score (nSPS) is 19.5. The van der Waals surface area contributed by atoms with Gasteiger partial charge in [0.2, 0.25) is 5.91 Å². The van der Waals surface area contributed by atoms with Crippen molar-refractivity contribution in [2.45, 2.75) is 18.6 Å². The first kappa shape index (κ1) is 19.1. The molecule has 1 aliphatic rings. The number of carbonyl (C=O) groups excluding carboxylic acids is 2. The smallest absolute Gasteiger partial charge is 0.251 e. The molecule has 2 atom stereocenters. The monoisotopic (exact) mass is 372 g/mol. The van der Waals surface area contributed by atoms with Gasteiger partial charge in [-0.15, -0.1) is 0 Å². The van der Waals surface area contributed by atoms with Crippen molar-refractivity contribution in [1.29, 1.82) is 0 Å². The molecule has 1 aliphatic heterocycles. The van der Waals surface area contributed by atoms with Crippen LogP contribution >= 0.6 is 0 Å². The average Bonchev–Trinajstić information content (AvgIpc) is 3.22. The van der Waals surface area contributed by atoms with E-state index in [4.69, 9.17) is 9.47 Å². The molecule has 1 fully saturated rings. The second kappa shape index (κ2) is 8.79. The average molecular weight is 372 g/mol. The summed E-state index contributed by atoms with van der Waals surface area (Å²) >= 11 is 0. The van der Waals surface area contributed by atoms with Crippen molar-refractivity contribution < 1.29 is 19.1 Å². The standard InChI is InChI=1S/C19H24N4O4/c1-22(2)18(24)12-27-17-11-26-10-7-16(17)21-19(25)14-3-5-15(6-4-14)23-9-8-20-13-23/h3-6,8-9,13,16-17H,7,10-12H2,1-2H3,(H,21,25). The molecule has 2 aromatic rings. The highest BCUT2D eigenvalue weighted by atomic mass is 16.5. The molecule has 144 valence electrons. The molecule has 1 aromatic carbocycles. The van der Waals surface area contributed by atoms with Crippen LogP contribution in [0.4, 0.5) is 0 Å². The van der Waals surface area contributed by atoms with E-state index in [1.807, 2.05) is 22.9 Å². The van der Waals surface area contributed by atoms with Crippen molar-refractivity contribution in [3.05, 3.63) is 48.5 Å². The van der Waals surface area contributed by atoms with Gasteiger partial charge in [-0.2, -0.15) is 0 Å². The number of aromatic nitrogens is 2. The predicted octanol–water partition coefficient (Wildman–Crippen LogP) is 0.864. The molecule has 1 N–H and O–H groups in total. The second-order valence-corrected chi connectivity index (χ2v) is 6.60. The Bertz CT molecular complexity index is 759. The van der Waals surface area contributed by atoms with Crippen LogP contribution in [0, 0.1) is 0 Å². The van der Waals surface area contributed by atoms with Crippen molar-refractivity contribution in [2.24, 2.45) is 0 Å². The van der Waals surface area contributed by atoms with E-state index in [0.717, 1.165) is 5.69 Å². The summed E-state index contributed by atoms with van der Waals surface area (Å²) in [6.07, 6.45) is 5.53. The summed E-state index contributed by atoms with van der Waals surface area (Å²) in [4.78, 5) is 29.8. The van der Waals surface area contributed by atoms with Crippen LogP contribution in [0.3, 0.4) is 0 Å². The number of ether oxygens (including phenoxy) is 2. The first-order chi connectivity index (χ1) is 13.0. The molecule has 0 saturated carbocycles. The van der Waals surface area contributed by atoms with E-state index in [-0.39, 0.29) is 30.6 Å². The summed E-state index contributed by atoms with van der Waals surface area (Å²) in [5.41, 5.74) is 1.49. The first-order valence-corrected chi connectivity index (χ1v) is 8.83. The topological polar surface area (TPSA) is 85.7 Å². The van der Waals surface area contributed by atoms with Crippen LogP contribution in [0.15, 0.2) is 43.0 Å². The van der Waals surface area contributed by atoms with Crippen LogP contribution in [0.25, 0.3) is 5.69 Å². The molecule has 8 nitrogen and oxygen atoms in total. The van der Waals surface area contributed by atoms with Crippen LogP contribution in [0.1, 0.15) is 16.8 Å². The number of likely N-dealkylation sites (N-methyl/N-ethyl adjacent to an activating group) is 1. The summed E-state index contributed by atoms with van der Waals surface area (Å²) in [6, 6.07) is 7.08. The molecule has 0 bridgehead atoms. The van der Waals surface area contributed by atoms with Crippen LogP contribution in [0.5, 0.6) is 0 Å². The van der Waals surface area contributed by atoms with Crippen LogP contribution < -0.4 is 5.32 Å². The van der Waals surface area contributed by atoms with Crippen LogP contribution in [-0.4, -0.2) is 72.3 Å². The predicted molar refractivity (Wildman–Crippen MR) is 98.7 cm³/mol. The highest BCUT2D eigenvalue weighted by Gasteiger charge is 2.29. The van der Waals surface area contributed by atoms with Gasteiger partial charge in [0.1, 0.15) is 12.7 Å². The maximum Gasteiger partial charge on any atom is 0.251 e. The van der Waals surface area contributed by atoms with Crippen molar-refractivity contribution in [3.63, 3.8) is 0 Å². The third-order valence-corrected chi connectivity index (χ3v) is 4.47. The number of benzene rings is 1.